The second-order valence-electron chi connectivity index (χ2n) is 5.39. The minimum atomic E-state index is 0.340. The van der Waals surface area contributed by atoms with Crippen molar-refractivity contribution in [3.05, 3.63) is 30.3 Å². The van der Waals surface area contributed by atoms with Crippen LogP contribution in [0.1, 0.15) is 19.8 Å². The summed E-state index contributed by atoms with van der Waals surface area (Å²) in [6, 6.07) is 10.2. The van der Waals surface area contributed by atoms with E-state index in [1.807, 2.05) is 18.2 Å². The summed E-state index contributed by atoms with van der Waals surface area (Å²) in [5, 5.41) is 4.66. The summed E-state index contributed by atoms with van der Waals surface area (Å²) in [6.45, 7) is 3.31. The predicted molar refractivity (Wildman–Crippen MR) is 90.5 cm³/mol. The lowest BCUT2D eigenvalue weighted by atomic mass is 10.1. The second kappa shape index (κ2) is 5.66. The zero-order chi connectivity index (χ0) is 14.0. The molecule has 0 saturated carbocycles. The number of nitrogens with zero attached hydrogens (tertiary/aromatic N) is 1. The largest absolute Gasteiger partial charge is 0.382 e. The number of nitrogens with one attached hydrogen (secondary N) is 1. The minimum Gasteiger partial charge on any atom is -0.382 e. The van der Waals surface area contributed by atoms with Crippen LogP contribution < -0.4 is 11.1 Å². The van der Waals surface area contributed by atoms with Crippen molar-refractivity contribution < 1.29 is 0 Å². The van der Waals surface area contributed by atoms with Crippen molar-refractivity contribution >= 4 is 34.1 Å². The zero-order valence-electron chi connectivity index (χ0n) is 11.6. The number of hydrogen-bond acceptors (Lipinski definition) is 5. The van der Waals surface area contributed by atoms with Crippen molar-refractivity contribution in [1.29, 1.82) is 0 Å². The lowest BCUT2D eigenvalue weighted by Crippen LogP contribution is -2.26. The molecule has 0 radical (unpaired) electrons. The van der Waals surface area contributed by atoms with Crippen LogP contribution in [-0.2, 0) is 0 Å². The lowest BCUT2D eigenvalue weighted by molar-refractivity contribution is 0.635. The van der Waals surface area contributed by atoms with E-state index in [2.05, 4.69) is 40.5 Å². The molecule has 1 aromatic heterocycles. The van der Waals surface area contributed by atoms with Crippen LogP contribution in [0.2, 0.25) is 0 Å². The molecule has 3 rings (SSSR count). The molecule has 20 heavy (non-hydrogen) atoms. The SMILES string of the molecule is CC1(CNc2snc(N)c2-c2ccccc2)CCCS1. The van der Waals surface area contributed by atoms with Crippen LogP contribution in [0.4, 0.5) is 10.8 Å². The van der Waals surface area contributed by atoms with Crippen LogP contribution in [0.3, 0.4) is 0 Å². The highest BCUT2D eigenvalue weighted by atomic mass is 32.2. The molecule has 0 aliphatic carbocycles. The molecule has 3 nitrogen and oxygen atoms in total. The first kappa shape index (κ1) is 13.8. The Kier molecular flexibility index (Phi) is 3.89. The highest BCUT2D eigenvalue weighted by molar-refractivity contribution is 8.00. The molecular weight excluding hydrogens is 286 g/mol. The third-order valence-electron chi connectivity index (χ3n) is 3.70. The molecule has 5 heteroatoms. The minimum absolute atomic E-state index is 0.340. The van der Waals surface area contributed by atoms with Crippen molar-refractivity contribution in [3.63, 3.8) is 0 Å². The Bertz CT molecular complexity index is 574. The molecule has 0 amide bonds. The number of thioether (sulfide) groups is 1. The van der Waals surface area contributed by atoms with E-state index in [1.54, 1.807) is 0 Å². The Morgan fingerprint density at radius 2 is 2.15 bits per heavy atom. The molecule has 1 unspecified atom stereocenters. The molecule has 2 heterocycles. The average molecular weight is 305 g/mol. The van der Waals surface area contributed by atoms with Gasteiger partial charge in [-0.2, -0.15) is 16.1 Å². The molecule has 106 valence electrons. The highest BCUT2D eigenvalue weighted by Crippen LogP contribution is 2.40. The summed E-state index contributed by atoms with van der Waals surface area (Å²) in [5.41, 5.74) is 8.22. The van der Waals surface area contributed by atoms with Crippen molar-refractivity contribution in [2.45, 2.75) is 24.5 Å². The van der Waals surface area contributed by atoms with Crippen molar-refractivity contribution in [3.8, 4) is 11.1 Å². The van der Waals surface area contributed by atoms with E-state index in [-0.39, 0.29) is 0 Å². The number of aromatic nitrogens is 1. The third kappa shape index (κ3) is 2.79. The maximum Gasteiger partial charge on any atom is 0.147 e. The van der Waals surface area contributed by atoms with Gasteiger partial charge in [0.1, 0.15) is 10.8 Å². The third-order valence-corrected chi connectivity index (χ3v) is 6.06. The molecule has 1 aliphatic heterocycles. The zero-order valence-corrected chi connectivity index (χ0v) is 13.2. The van der Waals surface area contributed by atoms with Crippen LogP contribution in [0, 0.1) is 0 Å². The Morgan fingerprint density at radius 1 is 1.35 bits per heavy atom. The number of nitrogen functional groups attached to an aromatic ring is 1. The van der Waals surface area contributed by atoms with Gasteiger partial charge in [-0.25, -0.2) is 0 Å². The van der Waals surface area contributed by atoms with Gasteiger partial charge in [0.2, 0.25) is 0 Å². The topological polar surface area (TPSA) is 50.9 Å². The van der Waals surface area contributed by atoms with Gasteiger partial charge in [-0.1, -0.05) is 30.3 Å². The molecule has 1 atom stereocenters. The molecule has 0 bridgehead atoms. The maximum atomic E-state index is 6.04. The molecular formula is C15H19N3S2. The van der Waals surface area contributed by atoms with E-state index in [0.717, 1.165) is 22.7 Å². The van der Waals surface area contributed by atoms with Gasteiger partial charge >= 0.3 is 0 Å². The van der Waals surface area contributed by atoms with Crippen LogP contribution in [0.15, 0.2) is 30.3 Å². The maximum absolute atomic E-state index is 6.04. The molecule has 1 aliphatic rings. The van der Waals surface area contributed by atoms with Gasteiger partial charge in [-0.3, -0.25) is 0 Å². The highest BCUT2D eigenvalue weighted by Gasteiger charge is 2.29. The number of benzene rings is 1. The van der Waals surface area contributed by atoms with Crippen LogP contribution in [-0.4, -0.2) is 21.4 Å². The fraction of sp³-hybridized carbons (Fsp3) is 0.400. The fourth-order valence-electron chi connectivity index (χ4n) is 2.55. The van der Waals surface area contributed by atoms with E-state index in [1.165, 1.54) is 30.1 Å². The van der Waals surface area contributed by atoms with E-state index in [4.69, 9.17) is 5.73 Å². The summed E-state index contributed by atoms with van der Waals surface area (Å²) in [4.78, 5) is 0. The van der Waals surface area contributed by atoms with E-state index < -0.39 is 0 Å². The van der Waals surface area contributed by atoms with Crippen LogP contribution in [0.25, 0.3) is 11.1 Å². The predicted octanol–water partition coefficient (Wildman–Crippen LogP) is 4.09. The monoisotopic (exact) mass is 305 g/mol. The van der Waals surface area contributed by atoms with Crippen molar-refractivity contribution in [2.75, 3.05) is 23.3 Å². The van der Waals surface area contributed by atoms with Crippen LogP contribution in [0.5, 0.6) is 0 Å². The first-order chi connectivity index (χ1) is 9.68. The molecule has 0 spiro atoms. The Morgan fingerprint density at radius 3 is 2.85 bits per heavy atom. The lowest BCUT2D eigenvalue weighted by Gasteiger charge is -2.23. The number of hydrogen-bond donors (Lipinski definition) is 2. The van der Waals surface area contributed by atoms with E-state index in [0.29, 0.717) is 10.6 Å². The number of rotatable bonds is 4. The first-order valence-electron chi connectivity index (χ1n) is 6.86. The summed E-state index contributed by atoms with van der Waals surface area (Å²) < 4.78 is 4.65. The van der Waals surface area contributed by atoms with Gasteiger partial charge < -0.3 is 11.1 Å². The standard InChI is InChI=1S/C15H19N3S2/c1-15(8-5-9-19-15)10-17-14-12(13(16)18-20-14)11-6-3-2-4-7-11/h2-4,6-7,17H,5,8-10H2,1H3,(H2,16,18). The molecule has 1 fully saturated rings. The number of nitrogens with two attached hydrogens (primary N) is 1. The molecule has 3 N–H and O–H groups in total. The van der Waals surface area contributed by atoms with Crippen molar-refractivity contribution in [1.82, 2.24) is 4.37 Å². The average Bonchev–Trinajstić information content (AvgIpc) is 3.05. The first-order valence-corrected chi connectivity index (χ1v) is 8.62. The van der Waals surface area contributed by atoms with E-state index >= 15 is 0 Å². The number of anilines is 2. The van der Waals surface area contributed by atoms with Gasteiger partial charge in [0.15, 0.2) is 0 Å². The quantitative estimate of drug-likeness (QED) is 0.893. The van der Waals surface area contributed by atoms with Gasteiger partial charge in [0.25, 0.3) is 0 Å². The van der Waals surface area contributed by atoms with Crippen LogP contribution >= 0.6 is 23.3 Å². The fourth-order valence-corrected chi connectivity index (χ4v) is 4.53. The molecule has 1 aromatic carbocycles. The summed E-state index contributed by atoms with van der Waals surface area (Å²) in [5.74, 6) is 1.89. The van der Waals surface area contributed by atoms with Gasteiger partial charge in [0, 0.05) is 11.3 Å². The molecule has 2 aromatic rings. The summed E-state index contributed by atoms with van der Waals surface area (Å²) in [7, 11) is 0. The normalized spacial score (nSPS) is 22.1. The van der Waals surface area contributed by atoms with Crippen molar-refractivity contribution in [2.24, 2.45) is 0 Å². The molecule has 1 saturated heterocycles. The smallest absolute Gasteiger partial charge is 0.147 e. The summed E-state index contributed by atoms with van der Waals surface area (Å²) in [6.07, 6.45) is 2.60. The van der Waals surface area contributed by atoms with Gasteiger partial charge in [0.05, 0.1) is 5.56 Å². The Balaban J connectivity index is 1.81. The van der Waals surface area contributed by atoms with Gasteiger partial charge in [-0.05, 0) is 42.6 Å². The Hall–Kier alpha value is -1.20. The second-order valence-corrected chi connectivity index (χ2v) is 7.85. The Labute approximate surface area is 128 Å². The van der Waals surface area contributed by atoms with Gasteiger partial charge in [-0.15, -0.1) is 0 Å². The summed E-state index contributed by atoms with van der Waals surface area (Å²) >= 11 is 3.52. The van der Waals surface area contributed by atoms with E-state index in [9.17, 15) is 0 Å².